The molecule has 106 valence electrons. The highest BCUT2D eigenvalue weighted by molar-refractivity contribution is 7.98. The molecule has 2 aromatic rings. The van der Waals surface area contributed by atoms with Gasteiger partial charge in [-0.2, -0.15) is 0 Å². The maximum atomic E-state index is 5.75. The first-order valence-corrected chi connectivity index (χ1v) is 8.20. The molecule has 0 aliphatic carbocycles. The van der Waals surface area contributed by atoms with Gasteiger partial charge in [0.1, 0.15) is 0 Å². The monoisotopic (exact) mass is 286 g/mol. The number of hydrogen-bond acceptors (Lipinski definition) is 3. The Morgan fingerprint density at radius 2 is 1.75 bits per heavy atom. The van der Waals surface area contributed by atoms with E-state index in [1.807, 2.05) is 0 Å². The van der Waals surface area contributed by atoms with Crippen LogP contribution in [0.5, 0.6) is 0 Å². The number of thioether (sulfide) groups is 1. The molecule has 0 aromatic heterocycles. The lowest BCUT2D eigenvalue weighted by Gasteiger charge is -2.19. The van der Waals surface area contributed by atoms with E-state index in [1.54, 1.807) is 11.8 Å². The zero-order valence-electron chi connectivity index (χ0n) is 11.9. The van der Waals surface area contributed by atoms with E-state index in [0.29, 0.717) is 0 Å². The van der Waals surface area contributed by atoms with Gasteiger partial charge in [0.15, 0.2) is 0 Å². The highest BCUT2D eigenvalue weighted by atomic mass is 32.2. The molecule has 0 saturated heterocycles. The second kappa shape index (κ2) is 8.10. The Kier molecular flexibility index (Phi) is 6.12. The molecule has 3 heteroatoms. The molecule has 2 aromatic carbocycles. The number of hydrazine groups is 1. The molecule has 0 fully saturated rings. The minimum absolute atomic E-state index is 0.224. The van der Waals surface area contributed by atoms with Crippen molar-refractivity contribution >= 4 is 11.8 Å². The van der Waals surface area contributed by atoms with E-state index < -0.39 is 0 Å². The van der Waals surface area contributed by atoms with Crippen molar-refractivity contribution in [2.45, 2.75) is 30.2 Å². The van der Waals surface area contributed by atoms with Gasteiger partial charge in [-0.3, -0.25) is 11.3 Å². The lowest BCUT2D eigenvalue weighted by molar-refractivity contribution is 0.492. The SMILES string of the molecule is CSc1ccccc1C(CCCc1ccccc1)NN. The highest BCUT2D eigenvalue weighted by Crippen LogP contribution is 2.28. The van der Waals surface area contributed by atoms with Crippen molar-refractivity contribution in [3.05, 3.63) is 65.7 Å². The van der Waals surface area contributed by atoms with Gasteiger partial charge in [0.2, 0.25) is 0 Å². The number of aryl methyl sites for hydroxylation is 1. The molecule has 0 spiro atoms. The standard InChI is InChI=1S/C17H22N2S/c1-20-17-13-6-5-11-15(17)16(19-18)12-7-10-14-8-3-2-4-9-14/h2-6,8-9,11,13,16,19H,7,10,12,18H2,1H3. The summed E-state index contributed by atoms with van der Waals surface area (Å²) in [6.45, 7) is 0. The number of benzene rings is 2. The first-order chi connectivity index (χ1) is 9.85. The largest absolute Gasteiger partial charge is 0.271 e. The van der Waals surface area contributed by atoms with E-state index in [0.717, 1.165) is 19.3 Å². The molecule has 1 unspecified atom stereocenters. The number of nitrogens with one attached hydrogen (secondary N) is 1. The van der Waals surface area contributed by atoms with E-state index in [1.165, 1.54) is 16.0 Å². The normalized spacial score (nSPS) is 12.3. The van der Waals surface area contributed by atoms with Crippen LogP contribution in [0.4, 0.5) is 0 Å². The average molecular weight is 286 g/mol. The maximum absolute atomic E-state index is 5.75. The molecule has 0 aliphatic heterocycles. The van der Waals surface area contributed by atoms with Crippen molar-refractivity contribution in [2.75, 3.05) is 6.26 Å². The van der Waals surface area contributed by atoms with Gasteiger partial charge in [-0.25, -0.2) is 0 Å². The quantitative estimate of drug-likeness (QED) is 0.460. The molecule has 20 heavy (non-hydrogen) atoms. The van der Waals surface area contributed by atoms with Crippen LogP contribution in [0.25, 0.3) is 0 Å². The molecule has 3 N–H and O–H groups in total. The molecule has 0 bridgehead atoms. The topological polar surface area (TPSA) is 38.0 Å². The van der Waals surface area contributed by atoms with Crippen molar-refractivity contribution in [2.24, 2.45) is 5.84 Å². The lowest BCUT2D eigenvalue weighted by Crippen LogP contribution is -2.28. The fourth-order valence-electron chi connectivity index (χ4n) is 2.44. The minimum Gasteiger partial charge on any atom is -0.271 e. The van der Waals surface area contributed by atoms with Crippen molar-refractivity contribution < 1.29 is 0 Å². The fraction of sp³-hybridized carbons (Fsp3) is 0.294. The molecular weight excluding hydrogens is 264 g/mol. The first-order valence-electron chi connectivity index (χ1n) is 6.98. The van der Waals surface area contributed by atoms with E-state index in [9.17, 15) is 0 Å². The Morgan fingerprint density at radius 1 is 1.05 bits per heavy atom. The molecule has 1 atom stereocenters. The van der Waals surface area contributed by atoms with Gasteiger partial charge in [0.25, 0.3) is 0 Å². The summed E-state index contributed by atoms with van der Waals surface area (Å²) in [6, 6.07) is 19.3. The van der Waals surface area contributed by atoms with E-state index >= 15 is 0 Å². The maximum Gasteiger partial charge on any atom is 0.0471 e. The van der Waals surface area contributed by atoms with Crippen LogP contribution in [-0.2, 0) is 6.42 Å². The van der Waals surface area contributed by atoms with Gasteiger partial charge in [-0.05, 0) is 42.7 Å². The minimum atomic E-state index is 0.224. The summed E-state index contributed by atoms with van der Waals surface area (Å²) in [5.41, 5.74) is 5.66. The third-order valence-electron chi connectivity index (χ3n) is 3.52. The van der Waals surface area contributed by atoms with Crippen LogP contribution in [-0.4, -0.2) is 6.26 Å². The zero-order chi connectivity index (χ0) is 14.2. The summed E-state index contributed by atoms with van der Waals surface area (Å²) in [4.78, 5) is 1.30. The Balaban J connectivity index is 1.95. The van der Waals surface area contributed by atoms with Crippen LogP contribution in [0.15, 0.2) is 59.5 Å². The van der Waals surface area contributed by atoms with Crippen LogP contribution in [0.1, 0.15) is 30.0 Å². The van der Waals surface area contributed by atoms with E-state index in [-0.39, 0.29) is 6.04 Å². The third kappa shape index (κ3) is 4.10. The molecule has 0 heterocycles. The van der Waals surface area contributed by atoms with Crippen molar-refractivity contribution in [1.82, 2.24) is 5.43 Å². The van der Waals surface area contributed by atoms with Gasteiger partial charge >= 0.3 is 0 Å². The predicted molar refractivity (Wildman–Crippen MR) is 87.7 cm³/mol. The number of hydrogen-bond donors (Lipinski definition) is 2. The Labute approximate surface area is 125 Å². The van der Waals surface area contributed by atoms with Gasteiger partial charge in [-0.15, -0.1) is 11.8 Å². The first kappa shape index (κ1) is 15.1. The molecule has 0 saturated carbocycles. The highest BCUT2D eigenvalue weighted by Gasteiger charge is 2.12. The van der Waals surface area contributed by atoms with Crippen molar-refractivity contribution in [1.29, 1.82) is 0 Å². The molecule has 2 rings (SSSR count). The van der Waals surface area contributed by atoms with Crippen LogP contribution in [0, 0.1) is 0 Å². The van der Waals surface area contributed by atoms with Gasteiger partial charge in [-0.1, -0.05) is 48.5 Å². The summed E-state index contributed by atoms with van der Waals surface area (Å²) in [5, 5.41) is 0. The van der Waals surface area contributed by atoms with Gasteiger partial charge in [0.05, 0.1) is 0 Å². The molecule has 0 aliphatic rings. The molecule has 0 amide bonds. The fourth-order valence-corrected chi connectivity index (χ4v) is 3.10. The van der Waals surface area contributed by atoms with Crippen LogP contribution in [0.2, 0.25) is 0 Å². The second-order valence-corrected chi connectivity index (χ2v) is 5.69. The third-order valence-corrected chi connectivity index (χ3v) is 4.33. The van der Waals surface area contributed by atoms with Gasteiger partial charge < -0.3 is 0 Å². The Bertz CT molecular complexity index is 513. The number of rotatable bonds is 7. The van der Waals surface area contributed by atoms with Crippen molar-refractivity contribution in [3.8, 4) is 0 Å². The summed E-state index contributed by atoms with van der Waals surface area (Å²) >= 11 is 1.77. The summed E-state index contributed by atoms with van der Waals surface area (Å²) in [6.07, 6.45) is 5.38. The average Bonchev–Trinajstić information content (AvgIpc) is 2.53. The number of nitrogens with two attached hydrogens (primary N) is 1. The Morgan fingerprint density at radius 3 is 2.45 bits per heavy atom. The summed E-state index contributed by atoms with van der Waals surface area (Å²) < 4.78 is 0. The zero-order valence-corrected chi connectivity index (χ0v) is 12.7. The molecular formula is C17H22N2S. The van der Waals surface area contributed by atoms with Crippen LogP contribution in [0.3, 0.4) is 0 Å². The summed E-state index contributed by atoms with van der Waals surface area (Å²) in [5.74, 6) is 5.75. The lowest BCUT2D eigenvalue weighted by atomic mass is 9.99. The molecule has 2 nitrogen and oxygen atoms in total. The molecule has 0 radical (unpaired) electrons. The predicted octanol–water partition coefficient (Wildman–Crippen LogP) is 3.94. The smallest absolute Gasteiger partial charge is 0.0471 e. The van der Waals surface area contributed by atoms with Crippen molar-refractivity contribution in [3.63, 3.8) is 0 Å². The van der Waals surface area contributed by atoms with Crippen LogP contribution < -0.4 is 11.3 Å². The Hall–Kier alpha value is -1.29. The second-order valence-electron chi connectivity index (χ2n) is 4.84. The summed E-state index contributed by atoms with van der Waals surface area (Å²) in [7, 11) is 0. The van der Waals surface area contributed by atoms with Crippen LogP contribution >= 0.6 is 11.8 Å². The van der Waals surface area contributed by atoms with E-state index in [4.69, 9.17) is 5.84 Å². The van der Waals surface area contributed by atoms with E-state index in [2.05, 4.69) is 66.3 Å². The van der Waals surface area contributed by atoms with Gasteiger partial charge in [0, 0.05) is 10.9 Å².